The van der Waals surface area contributed by atoms with Gasteiger partial charge in [-0.15, -0.1) is 0 Å². The first-order valence-electron chi connectivity index (χ1n) is 3.68. The van der Waals surface area contributed by atoms with Crippen molar-refractivity contribution in [1.82, 2.24) is 5.32 Å². The van der Waals surface area contributed by atoms with E-state index in [4.69, 9.17) is 0 Å². The Balaban J connectivity index is 1.89. The standard InChI is InChI=1S/C7H11N/c1-4-3-8-7-2-6(7)5(1)4/h4-8H,1-3H2. The Morgan fingerprint density at radius 1 is 1.12 bits per heavy atom. The van der Waals surface area contributed by atoms with E-state index in [2.05, 4.69) is 5.32 Å². The van der Waals surface area contributed by atoms with Gasteiger partial charge in [0.1, 0.15) is 0 Å². The first kappa shape index (κ1) is 3.89. The second-order valence-electron chi connectivity index (χ2n) is 3.57. The molecule has 2 aliphatic carbocycles. The van der Waals surface area contributed by atoms with Crippen LogP contribution in [0.25, 0.3) is 0 Å². The molecule has 0 spiro atoms. The second-order valence-corrected chi connectivity index (χ2v) is 3.57. The molecule has 1 N–H and O–H groups in total. The average molecular weight is 109 g/mol. The Morgan fingerprint density at radius 2 is 2.12 bits per heavy atom. The number of rotatable bonds is 0. The second kappa shape index (κ2) is 0.971. The molecule has 1 heteroatoms. The van der Waals surface area contributed by atoms with E-state index in [1.807, 2.05) is 0 Å². The van der Waals surface area contributed by atoms with E-state index in [9.17, 15) is 0 Å². The maximum absolute atomic E-state index is 3.55. The Labute approximate surface area is 49.5 Å². The number of piperidine rings is 1. The fraction of sp³-hybridized carbons (Fsp3) is 1.00. The van der Waals surface area contributed by atoms with Crippen molar-refractivity contribution in [2.75, 3.05) is 6.54 Å². The van der Waals surface area contributed by atoms with Crippen molar-refractivity contribution in [2.45, 2.75) is 18.9 Å². The van der Waals surface area contributed by atoms with Gasteiger partial charge in [-0.3, -0.25) is 0 Å². The normalized spacial score (nSPS) is 66.0. The van der Waals surface area contributed by atoms with Crippen LogP contribution in [-0.2, 0) is 0 Å². The van der Waals surface area contributed by atoms with E-state index in [1.54, 1.807) is 6.42 Å². The van der Waals surface area contributed by atoms with E-state index in [0.717, 1.165) is 17.9 Å². The molecule has 4 atom stereocenters. The molecule has 0 amide bonds. The maximum atomic E-state index is 3.55. The predicted molar refractivity (Wildman–Crippen MR) is 31.5 cm³/mol. The molecule has 1 nitrogen and oxygen atoms in total. The van der Waals surface area contributed by atoms with Gasteiger partial charge in [0, 0.05) is 6.04 Å². The molecule has 1 heterocycles. The summed E-state index contributed by atoms with van der Waals surface area (Å²) in [4.78, 5) is 0. The SMILES string of the molecule is C1NC2CC2C2CC12. The van der Waals surface area contributed by atoms with E-state index in [0.29, 0.717) is 0 Å². The van der Waals surface area contributed by atoms with Crippen LogP contribution in [0.15, 0.2) is 0 Å². The average Bonchev–Trinajstić information content (AvgIpc) is 2.59. The molecular weight excluding hydrogens is 98.1 g/mol. The van der Waals surface area contributed by atoms with Gasteiger partial charge in [-0.2, -0.15) is 0 Å². The first-order chi connectivity index (χ1) is 3.95. The molecule has 3 aliphatic rings. The monoisotopic (exact) mass is 109 g/mol. The number of hydrogen-bond acceptors (Lipinski definition) is 1. The molecule has 0 aromatic heterocycles. The largest absolute Gasteiger partial charge is 0.313 e. The highest BCUT2D eigenvalue weighted by molar-refractivity contribution is 5.10. The molecule has 0 aromatic rings. The zero-order valence-electron chi connectivity index (χ0n) is 4.93. The molecule has 44 valence electrons. The van der Waals surface area contributed by atoms with Crippen LogP contribution in [0.3, 0.4) is 0 Å². The summed E-state index contributed by atoms with van der Waals surface area (Å²) >= 11 is 0. The summed E-state index contributed by atoms with van der Waals surface area (Å²) in [6.45, 7) is 1.34. The molecule has 8 heavy (non-hydrogen) atoms. The van der Waals surface area contributed by atoms with Crippen molar-refractivity contribution in [3.63, 3.8) is 0 Å². The van der Waals surface area contributed by atoms with Gasteiger partial charge in [0.05, 0.1) is 0 Å². The summed E-state index contributed by atoms with van der Waals surface area (Å²) in [6.07, 6.45) is 3.05. The van der Waals surface area contributed by atoms with Crippen LogP contribution in [0, 0.1) is 17.8 Å². The van der Waals surface area contributed by atoms with Gasteiger partial charge in [-0.05, 0) is 37.1 Å². The van der Waals surface area contributed by atoms with E-state index in [-0.39, 0.29) is 0 Å². The molecule has 4 unspecified atom stereocenters. The van der Waals surface area contributed by atoms with Crippen molar-refractivity contribution >= 4 is 0 Å². The third-order valence-corrected chi connectivity index (χ3v) is 3.01. The predicted octanol–water partition coefficient (Wildman–Crippen LogP) is 0.614. The van der Waals surface area contributed by atoms with Gasteiger partial charge in [0.15, 0.2) is 0 Å². The van der Waals surface area contributed by atoms with Crippen molar-refractivity contribution < 1.29 is 0 Å². The Kier molecular flexibility index (Phi) is 0.472. The number of fused-ring (bicyclic) bond motifs is 3. The minimum atomic E-state index is 0.971. The molecule has 1 aliphatic heterocycles. The minimum Gasteiger partial charge on any atom is -0.313 e. The fourth-order valence-electron chi connectivity index (χ4n) is 2.26. The molecule has 1 saturated heterocycles. The van der Waals surface area contributed by atoms with Crippen molar-refractivity contribution in [3.05, 3.63) is 0 Å². The Bertz CT molecular complexity index is 116. The third-order valence-electron chi connectivity index (χ3n) is 3.01. The summed E-state index contributed by atoms with van der Waals surface area (Å²) < 4.78 is 0. The maximum Gasteiger partial charge on any atom is 0.0102 e. The zero-order valence-corrected chi connectivity index (χ0v) is 4.93. The van der Waals surface area contributed by atoms with Crippen LogP contribution in [0.5, 0.6) is 0 Å². The van der Waals surface area contributed by atoms with Crippen LogP contribution in [0.1, 0.15) is 12.8 Å². The molecule has 2 saturated carbocycles. The quantitative estimate of drug-likeness (QED) is 0.480. The lowest BCUT2D eigenvalue weighted by Crippen LogP contribution is -2.25. The van der Waals surface area contributed by atoms with Crippen molar-refractivity contribution in [2.24, 2.45) is 17.8 Å². The lowest BCUT2D eigenvalue weighted by atomic mass is 10.2. The minimum absolute atomic E-state index is 0.971. The van der Waals surface area contributed by atoms with Gasteiger partial charge < -0.3 is 5.32 Å². The molecule has 3 rings (SSSR count). The number of hydrogen-bond donors (Lipinski definition) is 1. The molecule has 3 fully saturated rings. The highest BCUT2D eigenvalue weighted by atomic mass is 15.0. The van der Waals surface area contributed by atoms with Crippen LogP contribution in [0.2, 0.25) is 0 Å². The van der Waals surface area contributed by atoms with Crippen LogP contribution < -0.4 is 5.32 Å². The van der Waals surface area contributed by atoms with Gasteiger partial charge in [0.25, 0.3) is 0 Å². The zero-order chi connectivity index (χ0) is 5.14. The summed E-state index contributed by atoms with van der Waals surface area (Å²) in [5, 5.41) is 3.55. The Hall–Kier alpha value is -0.0400. The number of nitrogens with one attached hydrogen (secondary N) is 1. The van der Waals surface area contributed by atoms with Crippen molar-refractivity contribution in [1.29, 1.82) is 0 Å². The van der Waals surface area contributed by atoms with Crippen molar-refractivity contribution in [3.8, 4) is 0 Å². The van der Waals surface area contributed by atoms with E-state index in [1.165, 1.54) is 18.9 Å². The van der Waals surface area contributed by atoms with Gasteiger partial charge in [-0.1, -0.05) is 0 Å². The van der Waals surface area contributed by atoms with Gasteiger partial charge >= 0.3 is 0 Å². The lowest BCUT2D eigenvalue weighted by molar-refractivity contribution is 0.481. The molecule has 0 bridgehead atoms. The summed E-state index contributed by atoms with van der Waals surface area (Å²) in [7, 11) is 0. The lowest BCUT2D eigenvalue weighted by Gasteiger charge is -2.07. The fourth-order valence-corrected chi connectivity index (χ4v) is 2.26. The van der Waals surface area contributed by atoms with Crippen LogP contribution in [0.4, 0.5) is 0 Å². The van der Waals surface area contributed by atoms with Crippen LogP contribution >= 0.6 is 0 Å². The van der Waals surface area contributed by atoms with Gasteiger partial charge in [-0.25, -0.2) is 0 Å². The molecular formula is C7H11N. The Morgan fingerprint density at radius 3 is 3.00 bits per heavy atom. The summed E-state index contributed by atoms with van der Waals surface area (Å²) in [5.41, 5.74) is 0. The molecule has 0 aromatic carbocycles. The highest BCUT2D eigenvalue weighted by Crippen LogP contribution is 2.57. The van der Waals surface area contributed by atoms with E-state index < -0.39 is 0 Å². The van der Waals surface area contributed by atoms with Gasteiger partial charge in [0.2, 0.25) is 0 Å². The summed E-state index contributed by atoms with van der Waals surface area (Å²) in [6, 6.07) is 0.971. The third kappa shape index (κ3) is 0.334. The van der Waals surface area contributed by atoms with Crippen LogP contribution in [-0.4, -0.2) is 12.6 Å². The molecule has 0 radical (unpaired) electrons. The first-order valence-corrected chi connectivity index (χ1v) is 3.68. The van der Waals surface area contributed by atoms with E-state index >= 15 is 0 Å². The summed E-state index contributed by atoms with van der Waals surface area (Å²) in [5.74, 6) is 3.42. The highest BCUT2D eigenvalue weighted by Gasteiger charge is 2.56. The smallest absolute Gasteiger partial charge is 0.0102 e. The topological polar surface area (TPSA) is 12.0 Å².